The fourth-order valence-electron chi connectivity index (χ4n) is 11.6. The molecule has 2 spiro atoms. The Balaban J connectivity index is 1.08. The molecule has 2 heterocycles. The highest BCUT2D eigenvalue weighted by molar-refractivity contribution is 6.52. The summed E-state index contributed by atoms with van der Waals surface area (Å²) in [6, 6.07) is 46.4. The first-order valence-electron chi connectivity index (χ1n) is 20.7. The quantitative estimate of drug-likeness (QED) is 0.133. The fraction of sp³-hybridized carbons (Fsp3) is 0.111. The number of fused-ring (bicyclic) bond motifs is 10. The van der Waals surface area contributed by atoms with Crippen molar-refractivity contribution in [2.24, 2.45) is 4.99 Å². The number of anilines is 3. The smallest absolute Gasteiger partial charge is 0.201 e. The maximum atomic E-state index is 15.1. The first kappa shape index (κ1) is 33.5. The van der Waals surface area contributed by atoms with E-state index in [2.05, 4.69) is 153 Å². The molecule has 8 aromatic rings. The second kappa shape index (κ2) is 11.2. The maximum absolute atomic E-state index is 15.1. The van der Waals surface area contributed by atoms with Crippen LogP contribution in [0.2, 0.25) is 0 Å². The Labute approximate surface area is 346 Å². The predicted molar refractivity (Wildman–Crippen MR) is 242 cm³/mol. The molecule has 60 heavy (non-hydrogen) atoms. The lowest BCUT2D eigenvalue weighted by atomic mass is 9.79. The summed E-state index contributed by atoms with van der Waals surface area (Å²) in [4.78, 5) is 20.8. The lowest BCUT2D eigenvalue weighted by molar-refractivity contribution is -0.109. The van der Waals surface area contributed by atoms with Gasteiger partial charge in [0.25, 0.3) is 0 Å². The molecule has 0 saturated carbocycles. The monoisotopic (exact) mass is 774 g/mol. The molecule has 0 atom stereocenters. The van der Waals surface area contributed by atoms with Crippen LogP contribution in [0.3, 0.4) is 0 Å². The van der Waals surface area contributed by atoms with E-state index in [4.69, 9.17) is 4.99 Å². The zero-order chi connectivity index (χ0) is 40.4. The number of aliphatic hydroxyl groups is 1. The van der Waals surface area contributed by atoms with Gasteiger partial charge in [-0.1, -0.05) is 121 Å². The Morgan fingerprint density at radius 2 is 0.983 bits per heavy atom. The fourth-order valence-corrected chi connectivity index (χ4v) is 11.6. The molecule has 0 radical (unpaired) electrons. The summed E-state index contributed by atoms with van der Waals surface area (Å²) in [5.74, 6) is -0.220. The zero-order valence-corrected chi connectivity index (χ0v) is 33.5. The summed E-state index contributed by atoms with van der Waals surface area (Å²) >= 11 is 0. The Morgan fingerprint density at radius 3 is 1.57 bits per heavy atom. The number of hydrogen-bond donors (Lipinski definition) is 4. The van der Waals surface area contributed by atoms with Crippen molar-refractivity contribution >= 4 is 55.5 Å². The molecule has 6 nitrogen and oxygen atoms in total. The van der Waals surface area contributed by atoms with E-state index in [-0.39, 0.29) is 17.1 Å². The average molecular weight is 775 g/mol. The molecular formula is C54H38N4O2. The Kier molecular flexibility index (Phi) is 6.25. The number of benzene rings is 8. The van der Waals surface area contributed by atoms with E-state index in [1.54, 1.807) is 0 Å². The first-order valence-corrected chi connectivity index (χ1v) is 20.7. The largest absolute Gasteiger partial charge is 0.506 e. The van der Waals surface area contributed by atoms with E-state index in [1.807, 2.05) is 24.3 Å². The van der Waals surface area contributed by atoms with Crippen LogP contribution in [0, 0.1) is 27.7 Å². The Bertz CT molecular complexity index is 3460. The molecular weight excluding hydrogens is 737 g/mol. The summed E-state index contributed by atoms with van der Waals surface area (Å²) in [5, 5.41) is 29.7. The summed E-state index contributed by atoms with van der Waals surface area (Å²) in [7, 11) is 0. The number of allylic oxidation sites excluding steroid dienone is 2. The van der Waals surface area contributed by atoms with Crippen LogP contribution in [-0.2, 0) is 16.1 Å². The molecule has 0 amide bonds. The highest BCUT2D eigenvalue weighted by Gasteiger charge is 2.50. The van der Waals surface area contributed by atoms with Gasteiger partial charge in [0.15, 0.2) is 11.3 Å². The standard InChI is InChI=1S/C54H38N4O2/c1-27-11-5-17-33-34-18-6-12-28(2)46(34)53(45(27)33)55-39-21-9-15-31-23-25-37(49(57-53)41(31)39)43-51(59)44(52(43)60)38-26-24-32-16-10-22-40-42(32)50(38)58-54(56-40)47-29(3)13-7-19-35(47)36-20-8-14-30(4)48(36)54/h5-26,55-57,59H,1-4H3/b44-38-. The third kappa shape index (κ3) is 3.89. The molecule has 3 aliphatic carbocycles. The third-order valence-electron chi connectivity index (χ3n) is 13.9. The van der Waals surface area contributed by atoms with Crippen LogP contribution >= 0.6 is 0 Å². The minimum Gasteiger partial charge on any atom is -0.506 e. The van der Waals surface area contributed by atoms with E-state index < -0.39 is 11.3 Å². The van der Waals surface area contributed by atoms with Crippen molar-refractivity contribution < 1.29 is 9.90 Å². The zero-order valence-electron chi connectivity index (χ0n) is 33.5. The maximum Gasteiger partial charge on any atom is 0.201 e. The number of aryl methyl sites for hydroxylation is 4. The second-order valence-corrected chi connectivity index (χ2v) is 17.1. The van der Waals surface area contributed by atoms with Gasteiger partial charge in [-0.15, -0.1) is 0 Å². The average Bonchev–Trinajstić information content (AvgIpc) is 3.68. The first-order chi connectivity index (χ1) is 29.2. The molecule has 0 bridgehead atoms. The number of carbonyl (C=O) groups excluding carboxylic acids is 1. The summed E-state index contributed by atoms with van der Waals surface area (Å²) in [6.07, 6.45) is 0. The number of nitrogens with one attached hydrogen (secondary N) is 3. The molecule has 2 aliphatic heterocycles. The van der Waals surface area contributed by atoms with Crippen LogP contribution in [-0.4, -0.2) is 10.9 Å². The van der Waals surface area contributed by atoms with Gasteiger partial charge >= 0.3 is 0 Å². The number of aliphatic hydroxyl groups excluding tert-OH is 1. The molecule has 6 heteroatoms. The van der Waals surface area contributed by atoms with Crippen LogP contribution in [0.5, 0.6) is 0 Å². The number of rotatable bonds is 1. The van der Waals surface area contributed by atoms with Crippen molar-refractivity contribution in [3.8, 4) is 22.3 Å². The lowest BCUT2D eigenvalue weighted by Crippen LogP contribution is -2.46. The molecule has 13 rings (SSSR count). The van der Waals surface area contributed by atoms with Crippen molar-refractivity contribution in [1.82, 2.24) is 0 Å². The van der Waals surface area contributed by atoms with Gasteiger partial charge in [0.2, 0.25) is 5.78 Å². The molecule has 8 aromatic carbocycles. The second-order valence-electron chi connectivity index (χ2n) is 17.1. The van der Waals surface area contributed by atoms with E-state index in [0.29, 0.717) is 21.7 Å². The molecule has 0 unspecified atom stereocenters. The van der Waals surface area contributed by atoms with Crippen LogP contribution in [0.15, 0.2) is 144 Å². The third-order valence-corrected chi connectivity index (χ3v) is 13.9. The molecule has 0 fully saturated rings. The normalized spacial score (nSPS) is 17.4. The van der Waals surface area contributed by atoms with E-state index in [1.165, 1.54) is 11.1 Å². The van der Waals surface area contributed by atoms with Crippen molar-refractivity contribution in [1.29, 1.82) is 0 Å². The van der Waals surface area contributed by atoms with Crippen LogP contribution in [0.25, 0.3) is 54.9 Å². The van der Waals surface area contributed by atoms with Crippen molar-refractivity contribution in [3.63, 3.8) is 0 Å². The molecule has 5 aliphatic rings. The van der Waals surface area contributed by atoms with E-state index >= 15 is 4.79 Å². The number of carbonyl (C=O) groups is 1. The van der Waals surface area contributed by atoms with Crippen molar-refractivity contribution in [3.05, 3.63) is 200 Å². The van der Waals surface area contributed by atoms with Crippen molar-refractivity contribution in [2.45, 2.75) is 39.0 Å². The highest BCUT2D eigenvalue weighted by atomic mass is 16.3. The summed E-state index contributed by atoms with van der Waals surface area (Å²) in [6.45, 7) is 8.62. The van der Waals surface area contributed by atoms with Gasteiger partial charge in [-0.3, -0.25) is 4.79 Å². The minimum absolute atomic E-state index is 0.0162. The van der Waals surface area contributed by atoms with Gasteiger partial charge in [-0.2, -0.15) is 0 Å². The van der Waals surface area contributed by atoms with Gasteiger partial charge in [0, 0.05) is 55.2 Å². The number of ketones is 1. The minimum atomic E-state index is -0.928. The number of Topliss-reactive ketones (excluding diaryl/α,β-unsaturated/α-hetero) is 1. The highest BCUT2D eigenvalue weighted by Crippen LogP contribution is 2.57. The van der Waals surface area contributed by atoms with Gasteiger partial charge in [-0.05, 0) is 95.1 Å². The molecule has 286 valence electrons. The Morgan fingerprint density at radius 1 is 0.483 bits per heavy atom. The van der Waals surface area contributed by atoms with Crippen molar-refractivity contribution in [2.75, 3.05) is 16.0 Å². The van der Waals surface area contributed by atoms with E-state index in [9.17, 15) is 5.11 Å². The summed E-state index contributed by atoms with van der Waals surface area (Å²) < 4.78 is 0. The SMILES string of the molecule is Cc1cccc2c1C1(N=c3/c(=C4\C(=O)C(c5ccc6cccc7c6c5NC5(N7)c6c(C)cccc6-c6cccc(C)c65)=C4O)ccc4cccc(c34)N1)c1c(C)cccc1-2. The lowest BCUT2D eigenvalue weighted by Gasteiger charge is -2.42. The number of nitrogens with zero attached hydrogens (tertiary/aromatic N) is 1. The molecule has 4 N–H and O–H groups in total. The topological polar surface area (TPSA) is 85.8 Å². The van der Waals surface area contributed by atoms with E-state index in [0.717, 1.165) is 94.2 Å². The van der Waals surface area contributed by atoms with Gasteiger partial charge in [0.05, 0.1) is 22.2 Å². The van der Waals surface area contributed by atoms with Gasteiger partial charge in [-0.25, -0.2) is 4.99 Å². The van der Waals surface area contributed by atoms with Gasteiger partial charge < -0.3 is 21.1 Å². The molecule has 0 saturated heterocycles. The Hall–Kier alpha value is -7.44. The predicted octanol–water partition coefficient (Wildman–Crippen LogP) is 10.6. The van der Waals surface area contributed by atoms with Crippen LogP contribution < -0.4 is 26.5 Å². The number of hydrogen-bond acceptors (Lipinski definition) is 6. The van der Waals surface area contributed by atoms with Crippen LogP contribution in [0.1, 0.15) is 50.1 Å². The van der Waals surface area contributed by atoms with Gasteiger partial charge in [0.1, 0.15) is 5.76 Å². The van der Waals surface area contributed by atoms with Crippen LogP contribution in [0.4, 0.5) is 17.1 Å². The molecule has 0 aromatic heterocycles. The summed E-state index contributed by atoms with van der Waals surface area (Å²) in [5.41, 5.74) is 16.0.